The third-order valence-corrected chi connectivity index (χ3v) is 5.83. The molecular weight excluding hydrogens is 428 g/mol. The first-order valence-electron chi connectivity index (χ1n) is 10.1. The molecule has 3 aromatic carbocycles. The molecule has 1 amide bonds. The van der Waals surface area contributed by atoms with Crippen LogP contribution in [0.3, 0.4) is 0 Å². The Morgan fingerprint density at radius 2 is 1.41 bits per heavy atom. The van der Waals surface area contributed by atoms with Gasteiger partial charge in [0.2, 0.25) is 0 Å². The standard InChI is InChI=1S/C24H26N2O5S/c1-4-30-21-9-5-20(6-10-21)26-32(28,29)23-11-7-19(8-12-23)25-24(27)16-31-22-14-17(2)13-18(3)15-22/h5-15,26H,4,16H2,1-3H3,(H,25,27). The van der Waals surface area contributed by atoms with Crippen molar-refractivity contribution < 1.29 is 22.7 Å². The summed E-state index contributed by atoms with van der Waals surface area (Å²) in [6, 6.07) is 18.3. The topological polar surface area (TPSA) is 93.7 Å². The average molecular weight is 455 g/mol. The highest BCUT2D eigenvalue weighted by molar-refractivity contribution is 7.92. The first-order valence-corrected chi connectivity index (χ1v) is 11.6. The molecule has 3 aromatic rings. The normalized spacial score (nSPS) is 11.0. The molecule has 0 aliphatic carbocycles. The van der Waals surface area contributed by atoms with Gasteiger partial charge in [-0.3, -0.25) is 9.52 Å². The Kier molecular flexibility index (Phi) is 7.37. The average Bonchev–Trinajstić information content (AvgIpc) is 2.73. The molecule has 0 unspecified atom stereocenters. The molecular formula is C24H26N2O5S. The molecule has 32 heavy (non-hydrogen) atoms. The van der Waals surface area contributed by atoms with Crippen molar-refractivity contribution in [3.63, 3.8) is 0 Å². The number of carbonyl (C=O) groups excluding carboxylic acids is 1. The number of aryl methyl sites for hydroxylation is 2. The Hall–Kier alpha value is -3.52. The molecule has 8 heteroatoms. The van der Waals surface area contributed by atoms with Crippen LogP contribution in [0.4, 0.5) is 11.4 Å². The lowest BCUT2D eigenvalue weighted by atomic mass is 10.1. The van der Waals surface area contributed by atoms with Gasteiger partial charge >= 0.3 is 0 Å². The number of nitrogens with one attached hydrogen (secondary N) is 2. The van der Waals surface area contributed by atoms with Crippen LogP contribution in [-0.2, 0) is 14.8 Å². The Balaban J connectivity index is 1.57. The van der Waals surface area contributed by atoms with E-state index in [1.165, 1.54) is 24.3 Å². The highest BCUT2D eigenvalue weighted by atomic mass is 32.2. The Labute approximate surface area is 188 Å². The van der Waals surface area contributed by atoms with Gasteiger partial charge < -0.3 is 14.8 Å². The Morgan fingerprint density at radius 3 is 2.00 bits per heavy atom. The van der Waals surface area contributed by atoms with Gasteiger partial charge in [0.05, 0.1) is 11.5 Å². The molecule has 0 aromatic heterocycles. The van der Waals surface area contributed by atoms with Gasteiger partial charge in [-0.2, -0.15) is 0 Å². The van der Waals surface area contributed by atoms with Crippen LogP contribution < -0.4 is 19.5 Å². The van der Waals surface area contributed by atoms with Gasteiger partial charge in [0.25, 0.3) is 15.9 Å². The molecule has 7 nitrogen and oxygen atoms in total. The zero-order chi connectivity index (χ0) is 23.1. The van der Waals surface area contributed by atoms with E-state index < -0.39 is 10.0 Å². The van der Waals surface area contributed by atoms with Gasteiger partial charge in [-0.05, 0) is 92.6 Å². The molecule has 0 spiro atoms. The molecule has 0 aliphatic rings. The molecule has 0 fully saturated rings. The fourth-order valence-corrected chi connectivity index (χ4v) is 4.14. The fraction of sp³-hybridized carbons (Fsp3) is 0.208. The smallest absolute Gasteiger partial charge is 0.262 e. The summed E-state index contributed by atoms with van der Waals surface area (Å²) in [5.41, 5.74) is 3.00. The monoisotopic (exact) mass is 454 g/mol. The number of anilines is 2. The van der Waals surface area contributed by atoms with E-state index in [1.54, 1.807) is 24.3 Å². The molecule has 0 radical (unpaired) electrons. The van der Waals surface area contributed by atoms with E-state index in [0.29, 0.717) is 29.5 Å². The number of hydrogen-bond acceptors (Lipinski definition) is 5. The second-order valence-corrected chi connectivity index (χ2v) is 8.93. The van der Waals surface area contributed by atoms with Crippen molar-refractivity contribution in [1.29, 1.82) is 0 Å². The Morgan fingerprint density at radius 1 is 0.812 bits per heavy atom. The van der Waals surface area contributed by atoms with E-state index in [0.717, 1.165) is 11.1 Å². The van der Waals surface area contributed by atoms with Gasteiger partial charge in [0.1, 0.15) is 11.5 Å². The molecule has 0 bridgehead atoms. The van der Waals surface area contributed by atoms with E-state index in [4.69, 9.17) is 9.47 Å². The van der Waals surface area contributed by atoms with E-state index in [9.17, 15) is 13.2 Å². The van der Waals surface area contributed by atoms with Gasteiger partial charge in [-0.25, -0.2) is 8.42 Å². The van der Waals surface area contributed by atoms with E-state index in [-0.39, 0.29) is 17.4 Å². The summed E-state index contributed by atoms with van der Waals surface area (Å²) in [6.07, 6.45) is 0. The largest absolute Gasteiger partial charge is 0.494 e. The van der Waals surface area contributed by atoms with Crippen LogP contribution in [0.1, 0.15) is 18.1 Å². The minimum Gasteiger partial charge on any atom is -0.494 e. The first-order chi connectivity index (χ1) is 15.2. The van der Waals surface area contributed by atoms with Gasteiger partial charge in [0.15, 0.2) is 6.61 Å². The number of carbonyl (C=O) groups is 1. The minimum absolute atomic E-state index is 0.0795. The summed E-state index contributed by atoms with van der Waals surface area (Å²) < 4.78 is 38.6. The zero-order valence-corrected chi connectivity index (χ0v) is 19.0. The summed E-state index contributed by atoms with van der Waals surface area (Å²) in [4.78, 5) is 12.3. The summed E-state index contributed by atoms with van der Waals surface area (Å²) in [6.45, 7) is 6.18. The van der Waals surface area contributed by atoms with Crippen molar-refractivity contribution in [2.24, 2.45) is 0 Å². The lowest BCUT2D eigenvalue weighted by Crippen LogP contribution is -2.20. The van der Waals surface area contributed by atoms with Crippen LogP contribution in [0.25, 0.3) is 0 Å². The molecule has 0 heterocycles. The van der Waals surface area contributed by atoms with Crippen molar-refractivity contribution in [3.8, 4) is 11.5 Å². The maximum atomic E-state index is 12.6. The SMILES string of the molecule is CCOc1ccc(NS(=O)(=O)c2ccc(NC(=O)COc3cc(C)cc(C)c3)cc2)cc1. The van der Waals surface area contributed by atoms with Crippen LogP contribution in [0.5, 0.6) is 11.5 Å². The van der Waals surface area contributed by atoms with Crippen molar-refractivity contribution in [3.05, 3.63) is 77.9 Å². The maximum absolute atomic E-state index is 12.6. The lowest BCUT2D eigenvalue weighted by Gasteiger charge is -2.11. The number of benzene rings is 3. The number of hydrogen-bond donors (Lipinski definition) is 2. The third kappa shape index (κ3) is 6.49. The molecule has 3 rings (SSSR count). The van der Waals surface area contributed by atoms with E-state index in [2.05, 4.69) is 10.0 Å². The number of rotatable bonds is 9. The van der Waals surface area contributed by atoms with Gasteiger partial charge in [0, 0.05) is 11.4 Å². The van der Waals surface area contributed by atoms with Crippen LogP contribution in [0.2, 0.25) is 0 Å². The number of amides is 1. The van der Waals surface area contributed by atoms with Crippen LogP contribution in [0.15, 0.2) is 71.6 Å². The summed E-state index contributed by atoms with van der Waals surface area (Å²) in [5, 5.41) is 2.69. The number of sulfonamides is 1. The van der Waals surface area contributed by atoms with Crippen LogP contribution >= 0.6 is 0 Å². The maximum Gasteiger partial charge on any atom is 0.262 e. The van der Waals surface area contributed by atoms with Crippen LogP contribution in [-0.4, -0.2) is 27.5 Å². The van der Waals surface area contributed by atoms with Gasteiger partial charge in [-0.1, -0.05) is 6.07 Å². The van der Waals surface area contributed by atoms with Crippen LogP contribution in [0, 0.1) is 13.8 Å². The predicted octanol–water partition coefficient (Wildman–Crippen LogP) is 4.52. The second kappa shape index (κ2) is 10.2. The quantitative estimate of drug-likeness (QED) is 0.496. The van der Waals surface area contributed by atoms with E-state index in [1.807, 2.05) is 39.0 Å². The van der Waals surface area contributed by atoms with Crippen molar-refractivity contribution >= 4 is 27.3 Å². The zero-order valence-electron chi connectivity index (χ0n) is 18.2. The summed E-state index contributed by atoms with van der Waals surface area (Å²) in [5.74, 6) is 0.948. The molecule has 0 saturated carbocycles. The Bertz CT molecular complexity index is 1150. The van der Waals surface area contributed by atoms with E-state index >= 15 is 0 Å². The highest BCUT2D eigenvalue weighted by Gasteiger charge is 2.14. The molecule has 168 valence electrons. The lowest BCUT2D eigenvalue weighted by molar-refractivity contribution is -0.118. The predicted molar refractivity (Wildman–Crippen MR) is 125 cm³/mol. The molecule has 0 aliphatic heterocycles. The number of ether oxygens (including phenoxy) is 2. The minimum atomic E-state index is -3.77. The van der Waals surface area contributed by atoms with Crippen molar-refractivity contribution in [1.82, 2.24) is 0 Å². The molecule has 2 N–H and O–H groups in total. The third-order valence-electron chi connectivity index (χ3n) is 4.43. The molecule has 0 atom stereocenters. The second-order valence-electron chi connectivity index (χ2n) is 7.25. The van der Waals surface area contributed by atoms with Crippen molar-refractivity contribution in [2.75, 3.05) is 23.3 Å². The summed E-state index contributed by atoms with van der Waals surface area (Å²) in [7, 11) is -3.77. The first kappa shape index (κ1) is 23.1. The summed E-state index contributed by atoms with van der Waals surface area (Å²) >= 11 is 0. The van der Waals surface area contributed by atoms with Crippen molar-refractivity contribution in [2.45, 2.75) is 25.7 Å². The fourth-order valence-electron chi connectivity index (χ4n) is 3.08. The highest BCUT2D eigenvalue weighted by Crippen LogP contribution is 2.21. The molecule has 0 saturated heterocycles. The van der Waals surface area contributed by atoms with Gasteiger partial charge in [-0.15, -0.1) is 0 Å².